The summed E-state index contributed by atoms with van der Waals surface area (Å²) in [6.45, 7) is 1.44. The van der Waals surface area contributed by atoms with Gasteiger partial charge in [-0.15, -0.1) is 0 Å². The second-order valence-electron chi connectivity index (χ2n) is 10.7. The van der Waals surface area contributed by atoms with Crippen LogP contribution in [0.2, 0.25) is 5.02 Å². The van der Waals surface area contributed by atoms with Crippen molar-refractivity contribution in [2.75, 3.05) is 23.0 Å². The third-order valence-corrected chi connectivity index (χ3v) is 9.97. The van der Waals surface area contributed by atoms with Crippen LogP contribution in [0.4, 0.5) is 19.0 Å². The maximum atomic E-state index is 16.5. The zero-order valence-corrected chi connectivity index (χ0v) is 23.7. The summed E-state index contributed by atoms with van der Waals surface area (Å²) in [6.07, 6.45) is -2.94. The number of furan rings is 1. The number of carboxylic acid groups (broad SMARTS) is 1. The van der Waals surface area contributed by atoms with E-state index < -0.39 is 52.5 Å². The van der Waals surface area contributed by atoms with Crippen molar-refractivity contribution in [3.8, 4) is 5.88 Å². The van der Waals surface area contributed by atoms with Gasteiger partial charge in [-0.2, -0.15) is 10.6 Å². The van der Waals surface area contributed by atoms with E-state index in [9.17, 15) is 27.8 Å². The average Bonchev–Trinajstić information content (AvgIpc) is 3.53. The van der Waals surface area contributed by atoms with Gasteiger partial charge in [0.15, 0.2) is 17.2 Å². The number of alkyl halides is 3. The maximum absolute atomic E-state index is 16.5. The molecule has 5 heterocycles. The predicted octanol–water partition coefficient (Wildman–Crippen LogP) is 6.43. The molecule has 6 rings (SSSR count). The Kier molecular flexibility index (Phi) is 7.15. The lowest BCUT2D eigenvalue weighted by Crippen LogP contribution is -2.40. The van der Waals surface area contributed by atoms with E-state index in [0.717, 1.165) is 0 Å². The molecule has 15 heteroatoms. The number of aliphatic carboxylic acids is 1. The number of para-hydroxylation sites is 1. The van der Waals surface area contributed by atoms with Gasteiger partial charge < -0.3 is 19.2 Å². The monoisotopic (exact) mass is 626 g/mol. The molecule has 0 spiro atoms. The first kappa shape index (κ1) is 28.8. The van der Waals surface area contributed by atoms with E-state index in [1.54, 1.807) is 31.2 Å². The minimum Gasteiger partial charge on any atom is -0.480 e. The lowest BCUT2D eigenvalue weighted by molar-refractivity contribution is -0.138. The minimum absolute atomic E-state index is 0.0180. The Morgan fingerprint density at radius 2 is 2.05 bits per heavy atom. The Balaban J connectivity index is 1.38. The van der Waals surface area contributed by atoms with Crippen LogP contribution >= 0.6 is 22.2 Å². The van der Waals surface area contributed by atoms with E-state index in [1.807, 2.05) is 0 Å². The van der Waals surface area contributed by atoms with Crippen LogP contribution in [0.3, 0.4) is 0 Å². The van der Waals surface area contributed by atoms with Crippen molar-refractivity contribution < 1.29 is 41.3 Å². The van der Waals surface area contributed by atoms with Crippen LogP contribution in [0.25, 0.3) is 22.1 Å². The van der Waals surface area contributed by atoms with E-state index >= 15 is 4.39 Å². The molecule has 0 amide bonds. The van der Waals surface area contributed by atoms with E-state index in [-0.39, 0.29) is 64.3 Å². The molecule has 2 fully saturated rings. The molecule has 3 aromatic heterocycles. The number of aromatic nitrogens is 3. The Labute approximate surface area is 243 Å². The first-order valence-corrected chi connectivity index (χ1v) is 15.3. The first-order valence-electron chi connectivity index (χ1n) is 13.1. The topological polar surface area (TPSA) is 142 Å². The van der Waals surface area contributed by atoms with Gasteiger partial charge in [0.05, 0.1) is 17.1 Å². The predicted molar refractivity (Wildman–Crippen MR) is 150 cm³/mol. The third-order valence-electron chi connectivity index (χ3n) is 7.87. The molecule has 0 radical (unpaired) electrons. The Hall–Kier alpha value is -3.33. The summed E-state index contributed by atoms with van der Waals surface area (Å²) in [7, 11) is -2.93. The van der Waals surface area contributed by atoms with Gasteiger partial charge in [0, 0.05) is 41.8 Å². The fraction of sp³-hybridized carbons (Fsp3) is 0.407. The fourth-order valence-corrected chi connectivity index (χ4v) is 7.80. The third kappa shape index (κ3) is 4.99. The number of nitrogens with zero attached hydrogens (tertiary/aromatic N) is 4. The van der Waals surface area contributed by atoms with Crippen LogP contribution in [-0.4, -0.2) is 65.3 Å². The highest BCUT2D eigenvalue weighted by Crippen LogP contribution is 2.56. The van der Waals surface area contributed by atoms with E-state index in [4.69, 9.17) is 20.8 Å². The minimum atomic E-state index is -3.03. The molecule has 2 aliphatic heterocycles. The maximum Gasteiger partial charge on any atom is 0.326 e. The molecule has 0 saturated carbocycles. The fourth-order valence-electron chi connectivity index (χ4n) is 5.79. The molecule has 42 heavy (non-hydrogen) atoms. The normalized spacial score (nSPS) is 26.7. The van der Waals surface area contributed by atoms with Gasteiger partial charge >= 0.3 is 5.97 Å². The first-order chi connectivity index (χ1) is 19.9. The summed E-state index contributed by atoms with van der Waals surface area (Å²) in [6, 6.07) is 6.82. The largest absolute Gasteiger partial charge is 0.480 e. The number of hydrogen-bond donors (Lipinski definition) is 3. The molecule has 10 nitrogen and oxygen atoms in total. The summed E-state index contributed by atoms with van der Waals surface area (Å²) in [5, 5.41) is 10.7. The summed E-state index contributed by atoms with van der Waals surface area (Å²) in [4.78, 5) is 25.9. The number of fused-ring (bicyclic) bond motifs is 3. The number of carbonyl (C=O) groups is 1. The Morgan fingerprint density at radius 3 is 2.76 bits per heavy atom. The van der Waals surface area contributed by atoms with Crippen LogP contribution in [0.5, 0.6) is 5.88 Å². The zero-order chi connectivity index (χ0) is 30.0. The van der Waals surface area contributed by atoms with E-state index in [1.165, 1.54) is 17.2 Å². The summed E-state index contributed by atoms with van der Waals surface area (Å²) in [5.74, 6) is -3.38. The van der Waals surface area contributed by atoms with Gasteiger partial charge in [0.2, 0.25) is 5.88 Å². The highest BCUT2D eigenvalue weighted by atomic mass is 35.5. The highest BCUT2D eigenvalue weighted by molar-refractivity contribution is 8.24. The molecule has 1 unspecified atom stereocenters. The number of halogens is 4. The van der Waals surface area contributed by atoms with Crippen molar-refractivity contribution in [2.24, 2.45) is 5.92 Å². The van der Waals surface area contributed by atoms with Gasteiger partial charge in [-0.3, -0.25) is 9.11 Å². The number of hydrogen-bond acceptors (Lipinski definition) is 9. The lowest BCUT2D eigenvalue weighted by Gasteiger charge is -2.46. The number of rotatable bonds is 6. The van der Waals surface area contributed by atoms with Crippen LogP contribution < -0.4 is 9.64 Å². The van der Waals surface area contributed by atoms with Gasteiger partial charge in [-0.25, -0.2) is 32.9 Å². The van der Waals surface area contributed by atoms with Gasteiger partial charge in [-0.1, -0.05) is 30.7 Å². The quantitative estimate of drug-likeness (QED) is 0.219. The molecule has 0 bridgehead atoms. The van der Waals surface area contributed by atoms with Crippen molar-refractivity contribution in [2.45, 2.75) is 44.0 Å². The van der Waals surface area contributed by atoms with Gasteiger partial charge in [0.1, 0.15) is 28.9 Å². The van der Waals surface area contributed by atoms with Crippen LogP contribution in [0, 0.1) is 5.92 Å². The zero-order valence-electron chi connectivity index (χ0n) is 22.1. The second-order valence-corrected chi connectivity index (χ2v) is 13.4. The van der Waals surface area contributed by atoms with Crippen molar-refractivity contribution in [1.29, 1.82) is 0 Å². The molecule has 3 N–H and O–H groups in total. The molecule has 224 valence electrons. The molecule has 1 aromatic carbocycles. The second kappa shape index (κ2) is 10.4. The van der Waals surface area contributed by atoms with Gasteiger partial charge in [-0.05, 0) is 18.2 Å². The Bertz CT molecular complexity index is 1690. The van der Waals surface area contributed by atoms with E-state index in [0.29, 0.717) is 11.0 Å². The lowest BCUT2D eigenvalue weighted by atomic mass is 9.83. The standard InChI is InChI=1S/C27H26ClF3N4O6S/c1-13-12-42(38,39)7-6-27(13,31)17-8-14(28)10-32-25(17)40-15-9-18(26(36)37)35(11-15)24-21-20(33-23(34-24)22(29)30)16-4-2-3-5-19(16)41-21/h2-5,8,10,13,15,18,22,38-39H,6-7,9,11-12H2,1H3,(H,36,37)/t13-,15-,18-,27?/m0/s1. The summed E-state index contributed by atoms with van der Waals surface area (Å²) < 4.78 is 76.5. The molecule has 2 saturated heterocycles. The van der Waals surface area contributed by atoms with Crippen molar-refractivity contribution in [3.05, 3.63) is 52.9 Å². The van der Waals surface area contributed by atoms with Crippen molar-refractivity contribution in [3.63, 3.8) is 0 Å². The molecular formula is C27H26ClF3N4O6S. The Morgan fingerprint density at radius 1 is 1.29 bits per heavy atom. The van der Waals surface area contributed by atoms with Crippen LogP contribution in [-0.2, 0) is 10.5 Å². The number of ether oxygens (including phenoxy) is 1. The molecule has 0 aliphatic carbocycles. The SMILES string of the molecule is C[C@H]1CS(O)(O)CCC1(F)c1cc(Cl)cnc1O[C@H]1C[C@@H](C(=O)O)N(c2nc(C(F)F)nc3c2oc2ccccc23)C1. The van der Waals surface area contributed by atoms with E-state index in [2.05, 4.69) is 15.0 Å². The summed E-state index contributed by atoms with van der Waals surface area (Å²) >= 11 is 6.17. The van der Waals surface area contributed by atoms with Crippen LogP contribution in [0.15, 0.2) is 40.9 Å². The van der Waals surface area contributed by atoms with Gasteiger partial charge in [0.25, 0.3) is 6.43 Å². The number of carboxylic acids is 1. The molecule has 2 aliphatic rings. The molecule has 4 atom stereocenters. The smallest absolute Gasteiger partial charge is 0.326 e. The molecular weight excluding hydrogens is 601 g/mol. The highest BCUT2D eigenvalue weighted by Gasteiger charge is 2.48. The summed E-state index contributed by atoms with van der Waals surface area (Å²) in [5.41, 5.74) is -1.48. The van der Waals surface area contributed by atoms with Crippen molar-refractivity contribution >= 4 is 56.0 Å². The number of anilines is 1. The number of pyridine rings is 1. The average molecular weight is 627 g/mol. The molecule has 4 aromatic rings. The number of benzene rings is 1. The van der Waals surface area contributed by atoms with Crippen molar-refractivity contribution in [1.82, 2.24) is 15.0 Å². The van der Waals surface area contributed by atoms with Crippen LogP contribution in [0.1, 0.15) is 37.6 Å².